The van der Waals surface area contributed by atoms with E-state index in [1.54, 1.807) is 30.5 Å². The van der Waals surface area contributed by atoms with Gasteiger partial charge in [0.05, 0.1) is 19.6 Å². The van der Waals surface area contributed by atoms with E-state index in [2.05, 4.69) is 36.1 Å². The smallest absolute Gasteiger partial charge is 0.379 e. The maximum atomic E-state index is 12.2. The lowest BCUT2D eigenvalue weighted by atomic mass is 10.2. The van der Waals surface area contributed by atoms with Gasteiger partial charge < -0.3 is 24.5 Å². The van der Waals surface area contributed by atoms with Gasteiger partial charge in [0, 0.05) is 11.4 Å². The highest BCUT2D eigenvalue weighted by Gasteiger charge is 2.15. The van der Waals surface area contributed by atoms with Gasteiger partial charge in [-0.25, -0.2) is 10.2 Å². The maximum Gasteiger partial charge on any atom is 0.379 e. The first-order valence-corrected chi connectivity index (χ1v) is 11.8. The number of anilines is 5. The van der Waals surface area contributed by atoms with Crippen molar-refractivity contribution in [1.29, 1.82) is 0 Å². The molecule has 0 aliphatic carbocycles. The van der Waals surface area contributed by atoms with E-state index in [9.17, 15) is 4.79 Å². The Hall–Kier alpha value is -5.71. The van der Waals surface area contributed by atoms with Crippen molar-refractivity contribution in [3.8, 4) is 11.5 Å². The Bertz CT molecular complexity index is 1500. The molecule has 0 atom stereocenters. The third-order valence-electron chi connectivity index (χ3n) is 5.19. The number of hydrogen-bond donors (Lipinski definition) is 3. The fourth-order valence-electron chi connectivity index (χ4n) is 3.40. The molecule has 39 heavy (non-hydrogen) atoms. The highest BCUT2D eigenvalue weighted by molar-refractivity contribution is 5.89. The Kier molecular flexibility index (Phi) is 7.69. The molecule has 5 aromatic rings. The van der Waals surface area contributed by atoms with Crippen LogP contribution in [-0.4, -0.2) is 34.2 Å². The number of ether oxygens (including phenoxy) is 2. The predicted molar refractivity (Wildman–Crippen MR) is 147 cm³/mol. The molecule has 194 valence electrons. The van der Waals surface area contributed by atoms with Crippen molar-refractivity contribution >= 4 is 41.4 Å². The summed E-state index contributed by atoms with van der Waals surface area (Å²) in [6.45, 7) is 0. The molecular weight excluding hydrogens is 498 g/mol. The number of carbonyl (C=O) groups excluding carboxylic acids is 1. The van der Waals surface area contributed by atoms with Gasteiger partial charge in [0.2, 0.25) is 23.6 Å². The molecular formula is C28H23N7O4. The normalized spacial score (nSPS) is 10.7. The standard InChI is InChI=1S/C28H23N7O4/c1-37-24-17-19(14-15-22(24)39-25(36)23-13-8-16-38-23)18-29-35-28-33-26(30-20-9-4-2-5-10-20)32-27(34-28)31-21-11-6-3-7-12-21/h2-18H,1H3,(H3,30,31,32,33,34,35)/b29-18+. The molecule has 3 N–H and O–H groups in total. The third kappa shape index (κ3) is 6.74. The Morgan fingerprint density at radius 2 is 1.44 bits per heavy atom. The average Bonchev–Trinajstić information content (AvgIpc) is 3.50. The van der Waals surface area contributed by atoms with E-state index in [1.807, 2.05) is 60.7 Å². The molecule has 0 saturated carbocycles. The van der Waals surface area contributed by atoms with Crippen LogP contribution < -0.4 is 25.5 Å². The van der Waals surface area contributed by atoms with Crippen LogP contribution in [0.4, 0.5) is 29.2 Å². The second kappa shape index (κ2) is 12.0. The van der Waals surface area contributed by atoms with Crippen LogP contribution in [0, 0.1) is 0 Å². The summed E-state index contributed by atoms with van der Waals surface area (Å²) in [5, 5.41) is 10.6. The molecule has 0 spiro atoms. The molecule has 0 fully saturated rings. The first-order chi connectivity index (χ1) is 19.2. The van der Waals surface area contributed by atoms with Crippen LogP contribution >= 0.6 is 0 Å². The van der Waals surface area contributed by atoms with Crippen molar-refractivity contribution in [3.63, 3.8) is 0 Å². The number of hydrogen-bond acceptors (Lipinski definition) is 11. The first-order valence-electron chi connectivity index (χ1n) is 11.8. The molecule has 11 nitrogen and oxygen atoms in total. The van der Waals surface area contributed by atoms with Crippen LogP contribution in [0.5, 0.6) is 11.5 Å². The summed E-state index contributed by atoms with van der Waals surface area (Å²) in [6, 6.07) is 27.2. The van der Waals surface area contributed by atoms with Gasteiger partial charge in [-0.1, -0.05) is 36.4 Å². The topological polar surface area (TPSA) is 136 Å². The van der Waals surface area contributed by atoms with Gasteiger partial charge in [0.25, 0.3) is 0 Å². The second-order valence-corrected chi connectivity index (χ2v) is 7.94. The van der Waals surface area contributed by atoms with Crippen LogP contribution in [-0.2, 0) is 0 Å². The Balaban J connectivity index is 1.32. The van der Waals surface area contributed by atoms with Crippen molar-refractivity contribution in [3.05, 3.63) is 109 Å². The number of benzene rings is 3. The quantitative estimate of drug-likeness (QED) is 0.0918. The minimum Gasteiger partial charge on any atom is -0.493 e. The minimum atomic E-state index is -0.629. The molecule has 0 bridgehead atoms. The summed E-state index contributed by atoms with van der Waals surface area (Å²) in [6.07, 6.45) is 2.95. The van der Waals surface area contributed by atoms with Crippen LogP contribution in [0.1, 0.15) is 16.1 Å². The Labute approximate surface area is 223 Å². The molecule has 0 aliphatic rings. The summed E-state index contributed by atoms with van der Waals surface area (Å²) in [5.41, 5.74) is 5.16. The minimum absolute atomic E-state index is 0.0893. The number of hydrazone groups is 1. The lowest BCUT2D eigenvalue weighted by Gasteiger charge is -2.10. The van der Waals surface area contributed by atoms with Gasteiger partial charge in [-0.3, -0.25) is 0 Å². The number of methoxy groups -OCH3 is 1. The summed E-state index contributed by atoms with van der Waals surface area (Å²) in [7, 11) is 1.48. The van der Waals surface area contributed by atoms with Crippen LogP contribution in [0.25, 0.3) is 0 Å². The summed E-state index contributed by atoms with van der Waals surface area (Å²) < 4.78 is 15.8. The van der Waals surface area contributed by atoms with E-state index in [0.717, 1.165) is 11.4 Å². The summed E-state index contributed by atoms with van der Waals surface area (Å²) >= 11 is 0. The molecule has 0 unspecified atom stereocenters. The van der Waals surface area contributed by atoms with Crippen LogP contribution in [0.2, 0.25) is 0 Å². The fourth-order valence-corrected chi connectivity index (χ4v) is 3.40. The molecule has 5 rings (SSSR count). The molecule has 0 aliphatic heterocycles. The molecule has 2 aromatic heterocycles. The van der Waals surface area contributed by atoms with Crippen LogP contribution in [0.15, 0.2) is 107 Å². The second-order valence-electron chi connectivity index (χ2n) is 7.94. The highest BCUT2D eigenvalue weighted by atomic mass is 16.6. The lowest BCUT2D eigenvalue weighted by Crippen LogP contribution is -2.08. The van der Waals surface area contributed by atoms with Crippen molar-refractivity contribution < 1.29 is 18.7 Å². The first kappa shape index (κ1) is 25.0. The zero-order valence-corrected chi connectivity index (χ0v) is 20.7. The van der Waals surface area contributed by atoms with Crippen molar-refractivity contribution in [2.45, 2.75) is 0 Å². The van der Waals surface area contributed by atoms with E-state index >= 15 is 0 Å². The Morgan fingerprint density at radius 3 is 2.03 bits per heavy atom. The van der Waals surface area contributed by atoms with E-state index in [4.69, 9.17) is 13.9 Å². The number of esters is 1. The number of para-hydroxylation sites is 2. The van der Waals surface area contributed by atoms with Crippen LogP contribution in [0.3, 0.4) is 0 Å². The number of carbonyl (C=O) groups is 1. The van der Waals surface area contributed by atoms with E-state index < -0.39 is 5.97 Å². The molecule has 0 radical (unpaired) electrons. The van der Waals surface area contributed by atoms with Gasteiger partial charge in [-0.05, 0) is 60.2 Å². The molecule has 3 aromatic carbocycles. The zero-order chi connectivity index (χ0) is 26.9. The van der Waals surface area contributed by atoms with Gasteiger partial charge >= 0.3 is 5.97 Å². The number of aromatic nitrogens is 3. The Morgan fingerprint density at radius 1 is 0.795 bits per heavy atom. The summed E-state index contributed by atoms with van der Waals surface area (Å²) in [4.78, 5) is 25.5. The fraction of sp³-hybridized carbons (Fsp3) is 0.0357. The molecule has 0 saturated heterocycles. The van der Waals surface area contributed by atoms with Gasteiger partial charge in [-0.2, -0.15) is 20.1 Å². The van der Waals surface area contributed by atoms with E-state index in [0.29, 0.717) is 23.2 Å². The average molecular weight is 522 g/mol. The molecule has 0 amide bonds. The number of nitrogens with zero attached hydrogens (tertiary/aromatic N) is 4. The highest BCUT2D eigenvalue weighted by Crippen LogP contribution is 2.28. The SMILES string of the molecule is COc1cc(/C=N/Nc2nc(Nc3ccccc3)nc(Nc3ccccc3)n2)ccc1OC(=O)c1ccco1. The van der Waals surface area contributed by atoms with Crippen molar-refractivity contribution in [2.75, 3.05) is 23.2 Å². The maximum absolute atomic E-state index is 12.2. The number of furan rings is 1. The predicted octanol–water partition coefficient (Wildman–Crippen LogP) is 5.63. The van der Waals surface area contributed by atoms with Gasteiger partial charge in [0.15, 0.2) is 11.5 Å². The van der Waals surface area contributed by atoms with E-state index in [-0.39, 0.29) is 17.5 Å². The summed E-state index contributed by atoms with van der Waals surface area (Å²) in [5.74, 6) is 0.933. The largest absolute Gasteiger partial charge is 0.493 e. The number of rotatable bonds is 10. The van der Waals surface area contributed by atoms with Crippen molar-refractivity contribution in [1.82, 2.24) is 15.0 Å². The number of nitrogens with one attached hydrogen (secondary N) is 3. The zero-order valence-electron chi connectivity index (χ0n) is 20.7. The van der Waals surface area contributed by atoms with Gasteiger partial charge in [0.1, 0.15) is 0 Å². The molecule has 11 heteroatoms. The van der Waals surface area contributed by atoms with E-state index in [1.165, 1.54) is 19.4 Å². The lowest BCUT2D eigenvalue weighted by molar-refractivity contribution is 0.0696. The molecule has 2 heterocycles. The monoisotopic (exact) mass is 521 g/mol. The van der Waals surface area contributed by atoms with Gasteiger partial charge in [-0.15, -0.1) is 0 Å². The van der Waals surface area contributed by atoms with Crippen molar-refractivity contribution in [2.24, 2.45) is 5.10 Å². The third-order valence-corrected chi connectivity index (χ3v) is 5.19.